The standard InChI is InChI=1S/C14H13F2P/c1-2-17(13-7-3-11(15)4-8-13)14-9-5-12(16)6-10-14/h3-10H,2H2,1H3. The van der Waals surface area contributed by atoms with E-state index in [-0.39, 0.29) is 11.6 Å². The van der Waals surface area contributed by atoms with Gasteiger partial charge in [-0.3, -0.25) is 0 Å². The molecule has 0 bridgehead atoms. The molecule has 2 aromatic rings. The van der Waals surface area contributed by atoms with Gasteiger partial charge in [0, 0.05) is 0 Å². The van der Waals surface area contributed by atoms with Crippen LogP contribution in [0.1, 0.15) is 6.92 Å². The van der Waals surface area contributed by atoms with Crippen LogP contribution in [-0.2, 0) is 0 Å². The van der Waals surface area contributed by atoms with E-state index in [4.69, 9.17) is 0 Å². The van der Waals surface area contributed by atoms with Crippen molar-refractivity contribution >= 4 is 18.5 Å². The van der Waals surface area contributed by atoms with Crippen LogP contribution >= 0.6 is 7.92 Å². The second-order valence-corrected chi connectivity index (χ2v) is 6.22. The van der Waals surface area contributed by atoms with E-state index in [0.29, 0.717) is 0 Å². The number of hydrogen-bond donors (Lipinski definition) is 0. The zero-order valence-electron chi connectivity index (χ0n) is 9.53. The van der Waals surface area contributed by atoms with Crippen LogP contribution in [0.25, 0.3) is 0 Å². The highest BCUT2D eigenvalue weighted by atomic mass is 31.1. The first-order valence-electron chi connectivity index (χ1n) is 5.49. The summed E-state index contributed by atoms with van der Waals surface area (Å²) in [5.74, 6) is -0.446. The van der Waals surface area contributed by atoms with Crippen molar-refractivity contribution in [3.63, 3.8) is 0 Å². The summed E-state index contributed by atoms with van der Waals surface area (Å²) in [6.07, 6.45) is 0.965. The topological polar surface area (TPSA) is 0 Å². The van der Waals surface area contributed by atoms with Crippen LogP contribution in [0.3, 0.4) is 0 Å². The van der Waals surface area contributed by atoms with Gasteiger partial charge >= 0.3 is 0 Å². The minimum absolute atomic E-state index is 0.223. The van der Waals surface area contributed by atoms with Gasteiger partial charge < -0.3 is 0 Å². The fourth-order valence-electron chi connectivity index (χ4n) is 1.76. The average Bonchev–Trinajstić information content (AvgIpc) is 2.35. The van der Waals surface area contributed by atoms with Crippen molar-refractivity contribution in [2.24, 2.45) is 0 Å². The third-order valence-electron chi connectivity index (χ3n) is 2.59. The van der Waals surface area contributed by atoms with Gasteiger partial charge in [-0.1, -0.05) is 31.2 Å². The van der Waals surface area contributed by atoms with Crippen molar-refractivity contribution in [1.29, 1.82) is 0 Å². The molecule has 0 aliphatic heterocycles. The first kappa shape index (κ1) is 12.2. The van der Waals surface area contributed by atoms with Gasteiger partial charge in [0.1, 0.15) is 11.6 Å². The van der Waals surface area contributed by atoms with Crippen molar-refractivity contribution in [2.45, 2.75) is 6.92 Å². The van der Waals surface area contributed by atoms with E-state index in [9.17, 15) is 8.78 Å². The lowest BCUT2D eigenvalue weighted by molar-refractivity contribution is 0.628. The lowest BCUT2D eigenvalue weighted by Crippen LogP contribution is -2.13. The summed E-state index contributed by atoms with van der Waals surface area (Å²) in [6, 6.07) is 13.2. The molecular formula is C14H13F2P. The molecule has 0 amide bonds. The highest BCUT2D eigenvalue weighted by Gasteiger charge is 2.11. The molecule has 0 heterocycles. The van der Waals surface area contributed by atoms with Crippen LogP contribution in [0, 0.1) is 11.6 Å². The Kier molecular flexibility index (Phi) is 3.86. The third kappa shape index (κ3) is 2.89. The maximum atomic E-state index is 12.9. The number of halogens is 2. The average molecular weight is 250 g/mol. The highest BCUT2D eigenvalue weighted by Crippen LogP contribution is 2.32. The molecule has 0 atom stereocenters. The van der Waals surface area contributed by atoms with Crippen LogP contribution in [0.15, 0.2) is 48.5 Å². The molecule has 0 nitrogen and oxygen atoms in total. The van der Waals surface area contributed by atoms with Gasteiger partial charge in [0.25, 0.3) is 0 Å². The molecule has 0 unspecified atom stereocenters. The van der Waals surface area contributed by atoms with E-state index >= 15 is 0 Å². The second-order valence-electron chi connectivity index (χ2n) is 3.70. The summed E-state index contributed by atoms with van der Waals surface area (Å²) in [5, 5.41) is 2.24. The minimum atomic E-state index is -0.507. The normalized spacial score (nSPS) is 10.8. The predicted molar refractivity (Wildman–Crippen MR) is 69.5 cm³/mol. The van der Waals surface area contributed by atoms with E-state index in [1.54, 1.807) is 0 Å². The lowest BCUT2D eigenvalue weighted by Gasteiger charge is -2.16. The van der Waals surface area contributed by atoms with E-state index in [1.807, 2.05) is 24.3 Å². The van der Waals surface area contributed by atoms with Gasteiger partial charge in [-0.05, 0) is 49.0 Å². The number of benzene rings is 2. The predicted octanol–water partition coefficient (Wildman–Crippen LogP) is 3.42. The Hall–Kier alpha value is -1.27. The molecule has 0 saturated heterocycles. The fraction of sp³-hybridized carbons (Fsp3) is 0.143. The van der Waals surface area contributed by atoms with Crippen molar-refractivity contribution < 1.29 is 8.78 Å². The second kappa shape index (κ2) is 5.37. The van der Waals surface area contributed by atoms with Crippen LogP contribution in [0.4, 0.5) is 8.78 Å². The van der Waals surface area contributed by atoms with Crippen molar-refractivity contribution in [2.75, 3.05) is 6.16 Å². The zero-order chi connectivity index (χ0) is 12.3. The molecule has 88 valence electrons. The van der Waals surface area contributed by atoms with Crippen LogP contribution < -0.4 is 10.6 Å². The maximum absolute atomic E-state index is 12.9. The van der Waals surface area contributed by atoms with Crippen molar-refractivity contribution in [3.05, 3.63) is 60.2 Å². The molecule has 0 aliphatic carbocycles. The van der Waals surface area contributed by atoms with Crippen molar-refractivity contribution in [3.8, 4) is 0 Å². The molecule has 0 spiro atoms. The summed E-state index contributed by atoms with van der Waals surface area (Å²) in [4.78, 5) is 0. The summed E-state index contributed by atoms with van der Waals surface area (Å²) in [6.45, 7) is 2.10. The maximum Gasteiger partial charge on any atom is 0.123 e. The van der Waals surface area contributed by atoms with Gasteiger partial charge in [-0.25, -0.2) is 8.78 Å². The largest absolute Gasteiger partial charge is 0.207 e. The molecule has 0 N–H and O–H groups in total. The molecule has 0 saturated carbocycles. The van der Waals surface area contributed by atoms with Crippen LogP contribution in [0.2, 0.25) is 0 Å². The van der Waals surface area contributed by atoms with Gasteiger partial charge in [0.05, 0.1) is 0 Å². The fourth-order valence-corrected chi connectivity index (χ4v) is 3.80. The van der Waals surface area contributed by atoms with Gasteiger partial charge in [-0.2, -0.15) is 0 Å². The molecule has 2 aromatic carbocycles. The molecule has 0 aliphatic rings. The number of hydrogen-bond acceptors (Lipinski definition) is 0. The summed E-state index contributed by atoms with van der Waals surface area (Å²) in [5.41, 5.74) is 0. The van der Waals surface area contributed by atoms with E-state index in [2.05, 4.69) is 6.92 Å². The smallest absolute Gasteiger partial charge is 0.123 e. The molecular weight excluding hydrogens is 237 g/mol. The molecule has 2 rings (SSSR count). The zero-order valence-corrected chi connectivity index (χ0v) is 10.4. The minimum Gasteiger partial charge on any atom is -0.207 e. The molecule has 0 fully saturated rings. The quantitative estimate of drug-likeness (QED) is 0.732. The Labute approximate surface area is 101 Å². The Morgan fingerprint density at radius 3 is 1.41 bits per heavy atom. The van der Waals surface area contributed by atoms with Gasteiger partial charge in [0.2, 0.25) is 0 Å². The molecule has 3 heteroatoms. The van der Waals surface area contributed by atoms with Gasteiger partial charge in [0.15, 0.2) is 0 Å². The number of rotatable bonds is 3. The first-order valence-corrected chi connectivity index (χ1v) is 7.02. The Morgan fingerprint density at radius 1 is 0.765 bits per heavy atom. The molecule has 0 radical (unpaired) electrons. The van der Waals surface area contributed by atoms with Crippen LogP contribution in [0.5, 0.6) is 0 Å². The van der Waals surface area contributed by atoms with Crippen LogP contribution in [-0.4, -0.2) is 6.16 Å². The summed E-state index contributed by atoms with van der Waals surface area (Å²) in [7, 11) is -0.507. The Balaban J connectivity index is 2.33. The monoisotopic (exact) mass is 250 g/mol. The van der Waals surface area contributed by atoms with E-state index in [0.717, 1.165) is 16.8 Å². The summed E-state index contributed by atoms with van der Waals surface area (Å²) >= 11 is 0. The van der Waals surface area contributed by atoms with E-state index in [1.165, 1.54) is 24.3 Å². The Morgan fingerprint density at radius 2 is 1.12 bits per heavy atom. The lowest BCUT2D eigenvalue weighted by atomic mass is 10.3. The van der Waals surface area contributed by atoms with Crippen molar-refractivity contribution in [1.82, 2.24) is 0 Å². The highest BCUT2D eigenvalue weighted by molar-refractivity contribution is 7.72. The third-order valence-corrected chi connectivity index (χ3v) is 5.07. The van der Waals surface area contributed by atoms with Gasteiger partial charge in [-0.15, -0.1) is 0 Å². The van der Waals surface area contributed by atoms with E-state index < -0.39 is 7.92 Å². The molecule has 0 aromatic heterocycles. The SMILES string of the molecule is CCP(c1ccc(F)cc1)c1ccc(F)cc1. The molecule has 17 heavy (non-hydrogen) atoms. The first-order chi connectivity index (χ1) is 8.20. The Bertz CT molecular complexity index is 431. The summed E-state index contributed by atoms with van der Waals surface area (Å²) < 4.78 is 25.7.